The maximum Gasteiger partial charge on any atom is 1.00 e. The molecule has 0 aliphatic heterocycles. The molecule has 22 heavy (non-hydrogen) atoms. The maximum absolute atomic E-state index is 12.3. The molecular formula is C15H12KN3O2S. The van der Waals surface area contributed by atoms with Gasteiger partial charge in [-0.05, 0) is 26.0 Å². The van der Waals surface area contributed by atoms with E-state index >= 15 is 0 Å². The molecule has 1 N–H and O–H groups in total. The smallest absolute Gasteiger partial charge is 0.740 e. The molecule has 5 nitrogen and oxygen atoms in total. The molecule has 2 aromatic heterocycles. The quantitative estimate of drug-likeness (QED) is 0.405. The van der Waals surface area contributed by atoms with Crippen molar-refractivity contribution in [3.05, 3.63) is 47.2 Å². The van der Waals surface area contributed by atoms with Crippen LogP contribution in [-0.2, 0) is 12.6 Å². The average molecular weight is 337 g/mol. The zero-order chi connectivity index (χ0) is 15.0. The Kier molecular flexibility index (Phi) is 5.70. The van der Waals surface area contributed by atoms with Crippen LogP contribution < -0.4 is 56.7 Å². The maximum atomic E-state index is 12.3. The Morgan fingerprint density at radius 1 is 1.18 bits per heavy atom. The number of hydrogen-bond acceptors (Lipinski definition) is 5. The first-order valence-corrected chi connectivity index (χ1v) is 6.78. The van der Waals surface area contributed by atoms with Crippen molar-refractivity contribution in [2.45, 2.75) is 19.0 Å². The molecule has 3 aromatic rings. The van der Waals surface area contributed by atoms with Crippen LogP contribution in [0.1, 0.15) is 21.7 Å². The molecule has 0 aliphatic rings. The first-order valence-electron chi connectivity index (χ1n) is 6.37. The fraction of sp³-hybridized carbons (Fsp3) is 0.133. The monoisotopic (exact) mass is 337 g/mol. The molecule has 0 unspecified atom stereocenters. The van der Waals surface area contributed by atoms with Crippen LogP contribution in [0.25, 0.3) is 11.1 Å². The number of benzene rings is 1. The molecule has 1 aromatic carbocycles. The minimum Gasteiger partial charge on any atom is -0.740 e. The summed E-state index contributed by atoms with van der Waals surface area (Å²) in [4.78, 5) is 20.5. The Labute approximate surface area is 175 Å². The van der Waals surface area contributed by atoms with E-state index in [0.29, 0.717) is 22.5 Å². The minimum atomic E-state index is -0.247. The summed E-state index contributed by atoms with van der Waals surface area (Å²) in [6.07, 6.45) is 0. The van der Waals surface area contributed by atoms with Crippen LogP contribution in [-0.4, -0.2) is 15.9 Å². The molecule has 1 amide bonds. The number of hydrogen-bond donors (Lipinski definition) is 1. The molecule has 7 heteroatoms. The predicted molar refractivity (Wildman–Crippen MR) is 81.3 cm³/mol. The van der Waals surface area contributed by atoms with Gasteiger partial charge in [0.2, 0.25) is 5.71 Å². The molecule has 106 valence electrons. The van der Waals surface area contributed by atoms with Gasteiger partial charge < -0.3 is 22.4 Å². The molecule has 0 bridgehead atoms. The molecule has 0 spiro atoms. The first kappa shape index (κ1) is 17.5. The molecule has 0 atom stereocenters. The Balaban J connectivity index is 0.00000176. The Morgan fingerprint density at radius 2 is 1.86 bits per heavy atom. The van der Waals surface area contributed by atoms with E-state index < -0.39 is 0 Å². The summed E-state index contributed by atoms with van der Waals surface area (Å²) in [5.74, 6) is 0.867. The van der Waals surface area contributed by atoms with Crippen LogP contribution in [0.3, 0.4) is 0 Å². The van der Waals surface area contributed by atoms with Gasteiger partial charge in [0.05, 0.1) is 5.39 Å². The molecule has 0 fully saturated rings. The standard InChI is InChI=1S/C15H13N3O2S.K/c1-8-9(2)20-14-11(8)12(17-15(21)18-14)16-13(19)10-6-4-3-5-7-10;/h3-7H,1-2H3,(H2,16,17,18,19,21);/q;+1/p-1. The Morgan fingerprint density at radius 3 is 2.55 bits per heavy atom. The molecular weight excluding hydrogens is 325 g/mol. The van der Waals surface area contributed by atoms with Crippen molar-refractivity contribution in [2.24, 2.45) is 0 Å². The number of fused-ring (bicyclic) bond motifs is 1. The van der Waals surface area contributed by atoms with Gasteiger partial charge in [0.15, 0.2) is 0 Å². The fourth-order valence-corrected chi connectivity index (χ4v) is 2.26. The van der Waals surface area contributed by atoms with Gasteiger partial charge in [-0.2, -0.15) is 0 Å². The van der Waals surface area contributed by atoms with Crippen LogP contribution >= 0.6 is 0 Å². The van der Waals surface area contributed by atoms with Gasteiger partial charge in [0.25, 0.3) is 5.91 Å². The molecule has 2 heterocycles. The predicted octanol–water partition coefficient (Wildman–Crippen LogP) is 0.00174. The number of aromatic nitrogens is 2. The summed E-state index contributed by atoms with van der Waals surface area (Å²) in [7, 11) is 0. The van der Waals surface area contributed by atoms with Crippen molar-refractivity contribution in [3.63, 3.8) is 0 Å². The topological polar surface area (TPSA) is 68.0 Å². The van der Waals surface area contributed by atoms with Crippen LogP contribution in [0, 0.1) is 13.8 Å². The summed E-state index contributed by atoms with van der Waals surface area (Å²) in [6, 6.07) is 8.92. The number of anilines is 1. The van der Waals surface area contributed by atoms with Crippen LogP contribution in [0.15, 0.2) is 39.9 Å². The fourth-order valence-electron chi connectivity index (χ4n) is 2.09. The number of carbonyl (C=O) groups excluding carboxylic acids is 1. The van der Waals surface area contributed by atoms with E-state index in [2.05, 4.69) is 15.3 Å². The number of nitrogens with zero attached hydrogens (tertiary/aromatic N) is 2. The minimum absolute atomic E-state index is 0. The summed E-state index contributed by atoms with van der Waals surface area (Å²) in [6.45, 7) is 3.73. The van der Waals surface area contributed by atoms with Gasteiger partial charge in [0, 0.05) is 16.3 Å². The molecule has 0 saturated heterocycles. The van der Waals surface area contributed by atoms with Gasteiger partial charge in [-0.3, -0.25) is 4.79 Å². The Bertz CT molecular complexity index is 834. The van der Waals surface area contributed by atoms with E-state index in [1.54, 1.807) is 24.3 Å². The summed E-state index contributed by atoms with van der Waals surface area (Å²) >= 11 is 5.02. The van der Waals surface area contributed by atoms with E-state index in [1.165, 1.54) is 0 Å². The number of carbonyl (C=O) groups is 1. The van der Waals surface area contributed by atoms with Crippen LogP contribution in [0.5, 0.6) is 0 Å². The number of amides is 1. The van der Waals surface area contributed by atoms with Crippen molar-refractivity contribution in [3.8, 4) is 0 Å². The number of aryl methyl sites for hydroxylation is 2. The van der Waals surface area contributed by atoms with Crippen molar-refractivity contribution in [1.29, 1.82) is 0 Å². The molecule has 0 saturated carbocycles. The second-order valence-corrected chi connectivity index (χ2v) is 5.00. The second kappa shape index (κ2) is 7.16. The third kappa shape index (κ3) is 3.39. The SMILES string of the molecule is Cc1oc2nc([S-])nc(NC(=O)c3ccccc3)c2c1C.[K+]. The van der Waals surface area contributed by atoms with Gasteiger partial charge >= 0.3 is 51.4 Å². The van der Waals surface area contributed by atoms with E-state index in [0.717, 1.165) is 11.3 Å². The molecule has 0 aliphatic carbocycles. The second-order valence-electron chi connectivity index (χ2n) is 4.64. The third-order valence-electron chi connectivity index (χ3n) is 3.28. The number of furan rings is 1. The molecule has 0 radical (unpaired) electrons. The van der Waals surface area contributed by atoms with Crippen molar-refractivity contribution < 1.29 is 60.6 Å². The van der Waals surface area contributed by atoms with E-state index in [1.807, 2.05) is 19.9 Å². The average Bonchev–Trinajstić information content (AvgIpc) is 2.74. The van der Waals surface area contributed by atoms with E-state index in [4.69, 9.17) is 17.0 Å². The largest absolute Gasteiger partial charge is 1.00 e. The van der Waals surface area contributed by atoms with Crippen molar-refractivity contribution >= 4 is 35.5 Å². The zero-order valence-corrected chi connectivity index (χ0v) is 16.4. The van der Waals surface area contributed by atoms with Crippen LogP contribution in [0.2, 0.25) is 0 Å². The van der Waals surface area contributed by atoms with Gasteiger partial charge in [-0.15, -0.1) is 0 Å². The third-order valence-corrected chi connectivity index (χ3v) is 3.46. The summed E-state index contributed by atoms with van der Waals surface area (Å²) in [5.41, 5.74) is 1.84. The van der Waals surface area contributed by atoms with E-state index in [9.17, 15) is 4.79 Å². The van der Waals surface area contributed by atoms with Crippen LogP contribution in [0.4, 0.5) is 5.82 Å². The van der Waals surface area contributed by atoms with Gasteiger partial charge in [-0.1, -0.05) is 18.2 Å². The first-order chi connectivity index (χ1) is 10.1. The Hall–Kier alpha value is -0.834. The van der Waals surface area contributed by atoms with Crippen molar-refractivity contribution in [1.82, 2.24) is 9.97 Å². The summed E-state index contributed by atoms with van der Waals surface area (Å²) < 4.78 is 5.54. The summed E-state index contributed by atoms with van der Waals surface area (Å²) in [5, 5.41) is 3.60. The van der Waals surface area contributed by atoms with E-state index in [-0.39, 0.29) is 62.4 Å². The van der Waals surface area contributed by atoms with Crippen molar-refractivity contribution in [2.75, 3.05) is 5.32 Å². The molecule has 3 rings (SSSR count). The normalized spacial score (nSPS) is 10.3. The number of nitrogens with one attached hydrogen (secondary N) is 1. The van der Waals surface area contributed by atoms with Gasteiger partial charge in [-0.25, -0.2) is 9.97 Å². The van der Waals surface area contributed by atoms with Gasteiger partial charge in [0.1, 0.15) is 11.6 Å². The zero-order valence-electron chi connectivity index (χ0n) is 12.5. The number of rotatable bonds is 2.